The van der Waals surface area contributed by atoms with Crippen molar-refractivity contribution in [3.63, 3.8) is 0 Å². The van der Waals surface area contributed by atoms with Crippen molar-refractivity contribution in [1.82, 2.24) is 4.90 Å². The van der Waals surface area contributed by atoms with Crippen LogP contribution in [0.4, 0.5) is 0 Å². The van der Waals surface area contributed by atoms with E-state index in [0.717, 1.165) is 48.7 Å². The van der Waals surface area contributed by atoms with Crippen molar-refractivity contribution in [2.24, 2.45) is 5.92 Å². The summed E-state index contributed by atoms with van der Waals surface area (Å²) in [7, 11) is 1.66. The number of methoxy groups -OCH3 is 1. The summed E-state index contributed by atoms with van der Waals surface area (Å²) in [5.74, 6) is 1.89. The third kappa shape index (κ3) is 2.60. The third-order valence-electron chi connectivity index (χ3n) is 4.47. The van der Waals surface area contributed by atoms with Crippen LogP contribution in [0.3, 0.4) is 0 Å². The van der Waals surface area contributed by atoms with Crippen LogP contribution in [-0.4, -0.2) is 42.9 Å². The van der Waals surface area contributed by atoms with E-state index in [-0.39, 0.29) is 6.10 Å². The van der Waals surface area contributed by atoms with Crippen LogP contribution in [0.1, 0.15) is 25.3 Å². The number of ether oxygens (including phenoxy) is 2. The maximum absolute atomic E-state index is 10.5. The molecule has 0 aliphatic carbocycles. The van der Waals surface area contributed by atoms with Crippen LogP contribution >= 0.6 is 0 Å². The molecular formula is C17H23NO3. The van der Waals surface area contributed by atoms with Gasteiger partial charge in [-0.2, -0.15) is 0 Å². The number of nitrogens with zero attached hydrogens (tertiary/aromatic N) is 1. The van der Waals surface area contributed by atoms with Crippen molar-refractivity contribution in [1.29, 1.82) is 0 Å². The Morgan fingerprint density at radius 3 is 2.71 bits per heavy atom. The van der Waals surface area contributed by atoms with Gasteiger partial charge < -0.3 is 19.5 Å². The van der Waals surface area contributed by atoms with Crippen LogP contribution in [0.2, 0.25) is 0 Å². The van der Waals surface area contributed by atoms with Gasteiger partial charge in [0.1, 0.15) is 0 Å². The molecule has 0 spiro atoms. The first kappa shape index (κ1) is 14.3. The Labute approximate surface area is 126 Å². The van der Waals surface area contributed by atoms with Gasteiger partial charge in [-0.05, 0) is 37.8 Å². The molecule has 3 saturated heterocycles. The smallest absolute Gasteiger partial charge is 0.167 e. The van der Waals surface area contributed by atoms with E-state index in [1.807, 2.05) is 25.1 Å². The minimum absolute atomic E-state index is 0.354. The van der Waals surface area contributed by atoms with Crippen molar-refractivity contribution in [3.05, 3.63) is 29.5 Å². The Bertz CT molecular complexity index is 529. The zero-order valence-corrected chi connectivity index (χ0v) is 12.7. The summed E-state index contributed by atoms with van der Waals surface area (Å²) in [6.45, 7) is 4.65. The largest absolute Gasteiger partial charge is 0.492 e. The molecule has 3 fully saturated rings. The molecule has 1 aromatic rings. The lowest BCUT2D eigenvalue weighted by Gasteiger charge is -2.46. The summed E-state index contributed by atoms with van der Waals surface area (Å²) < 4.78 is 11.1. The Balaban J connectivity index is 1.97. The molecule has 0 saturated carbocycles. The van der Waals surface area contributed by atoms with E-state index in [2.05, 4.69) is 11.0 Å². The van der Waals surface area contributed by atoms with E-state index >= 15 is 0 Å². The Hall–Kier alpha value is -1.68. The van der Waals surface area contributed by atoms with Gasteiger partial charge in [0.25, 0.3) is 0 Å². The van der Waals surface area contributed by atoms with Gasteiger partial charge in [0.05, 0.1) is 19.8 Å². The quantitative estimate of drug-likeness (QED) is 0.925. The maximum Gasteiger partial charge on any atom is 0.167 e. The molecule has 21 heavy (non-hydrogen) atoms. The van der Waals surface area contributed by atoms with Gasteiger partial charge >= 0.3 is 0 Å². The fourth-order valence-corrected chi connectivity index (χ4v) is 3.37. The van der Waals surface area contributed by atoms with E-state index in [0.29, 0.717) is 12.5 Å². The Morgan fingerprint density at radius 1 is 1.33 bits per heavy atom. The van der Waals surface area contributed by atoms with Crippen molar-refractivity contribution < 1.29 is 14.6 Å². The van der Waals surface area contributed by atoms with E-state index in [9.17, 15) is 5.11 Å². The highest BCUT2D eigenvalue weighted by Gasteiger charge is 2.36. The number of aliphatic hydroxyl groups excluding tert-OH is 1. The summed E-state index contributed by atoms with van der Waals surface area (Å²) in [6.07, 6.45) is 3.88. The second-order valence-electron chi connectivity index (χ2n) is 5.65. The molecule has 0 amide bonds. The molecule has 114 valence electrons. The number of rotatable bonds is 4. The molecule has 4 heteroatoms. The Kier molecular flexibility index (Phi) is 4.06. The van der Waals surface area contributed by atoms with Crippen LogP contribution in [0, 0.1) is 5.92 Å². The summed E-state index contributed by atoms with van der Waals surface area (Å²) >= 11 is 0. The van der Waals surface area contributed by atoms with Crippen LogP contribution < -0.4 is 9.47 Å². The molecule has 3 aliphatic rings. The lowest BCUT2D eigenvalue weighted by Crippen LogP contribution is -2.48. The van der Waals surface area contributed by atoms with Gasteiger partial charge in [-0.3, -0.25) is 0 Å². The summed E-state index contributed by atoms with van der Waals surface area (Å²) in [5.41, 5.74) is 1.98. The highest BCUT2D eigenvalue weighted by Crippen LogP contribution is 2.38. The summed E-state index contributed by atoms with van der Waals surface area (Å²) in [6, 6.07) is 5.88. The minimum atomic E-state index is -0.354. The first-order chi connectivity index (χ1) is 10.2. The van der Waals surface area contributed by atoms with Gasteiger partial charge in [0, 0.05) is 24.4 Å². The fourth-order valence-electron chi connectivity index (χ4n) is 3.37. The minimum Gasteiger partial charge on any atom is -0.492 e. The molecule has 0 aromatic heterocycles. The average molecular weight is 289 g/mol. The molecule has 1 N–H and O–H groups in total. The molecule has 1 atom stereocenters. The SMILES string of the molecule is CCOc1cccc(/C=C2/C(O)C3CCN2CC3)c1OC. The Morgan fingerprint density at radius 2 is 2.10 bits per heavy atom. The lowest BCUT2D eigenvalue weighted by molar-refractivity contribution is 0.0215. The molecule has 1 unspecified atom stereocenters. The normalized spacial score (nSPS) is 26.2. The molecule has 4 nitrogen and oxygen atoms in total. The van der Waals surface area contributed by atoms with Crippen molar-refractivity contribution in [2.45, 2.75) is 25.9 Å². The number of benzene rings is 1. The van der Waals surface area contributed by atoms with E-state index in [1.54, 1.807) is 7.11 Å². The average Bonchev–Trinajstić information content (AvgIpc) is 2.52. The van der Waals surface area contributed by atoms with Crippen LogP contribution in [-0.2, 0) is 0 Å². The summed E-state index contributed by atoms with van der Waals surface area (Å²) in [4.78, 5) is 2.29. The second-order valence-corrected chi connectivity index (χ2v) is 5.65. The first-order valence-electron chi connectivity index (χ1n) is 7.69. The molecule has 0 radical (unpaired) electrons. The molecule has 3 heterocycles. The number of piperidine rings is 3. The van der Waals surface area contributed by atoms with Crippen LogP contribution in [0.5, 0.6) is 11.5 Å². The molecule has 3 aliphatic heterocycles. The molecule has 4 rings (SSSR count). The standard InChI is InChI=1S/C17H23NO3/c1-3-21-15-6-4-5-13(17(15)20-2)11-14-16(19)12-7-9-18(14)10-8-12/h4-6,11-12,16,19H,3,7-10H2,1-2H3/b14-11-. The van der Waals surface area contributed by atoms with Crippen molar-refractivity contribution in [2.75, 3.05) is 26.8 Å². The van der Waals surface area contributed by atoms with Crippen LogP contribution in [0.15, 0.2) is 23.9 Å². The topological polar surface area (TPSA) is 41.9 Å². The number of hydrogen-bond acceptors (Lipinski definition) is 4. The second kappa shape index (κ2) is 5.98. The van der Waals surface area contributed by atoms with Gasteiger partial charge in [0.15, 0.2) is 11.5 Å². The zero-order chi connectivity index (χ0) is 14.8. The van der Waals surface area contributed by atoms with E-state index < -0.39 is 0 Å². The number of fused-ring (bicyclic) bond motifs is 3. The summed E-state index contributed by atoms with van der Waals surface area (Å²) in [5, 5.41) is 10.5. The van der Waals surface area contributed by atoms with Gasteiger partial charge in [-0.15, -0.1) is 0 Å². The van der Waals surface area contributed by atoms with E-state index in [1.165, 1.54) is 0 Å². The highest BCUT2D eigenvalue weighted by atomic mass is 16.5. The van der Waals surface area contributed by atoms with Crippen molar-refractivity contribution in [3.8, 4) is 11.5 Å². The maximum atomic E-state index is 10.5. The van der Waals surface area contributed by atoms with Gasteiger partial charge in [0.2, 0.25) is 0 Å². The predicted molar refractivity (Wildman–Crippen MR) is 82.4 cm³/mol. The van der Waals surface area contributed by atoms with Gasteiger partial charge in [-0.25, -0.2) is 0 Å². The van der Waals surface area contributed by atoms with Gasteiger partial charge in [-0.1, -0.05) is 12.1 Å². The monoisotopic (exact) mass is 289 g/mol. The highest BCUT2D eigenvalue weighted by molar-refractivity contribution is 5.64. The van der Waals surface area contributed by atoms with Crippen LogP contribution in [0.25, 0.3) is 6.08 Å². The molecule has 1 aromatic carbocycles. The lowest BCUT2D eigenvalue weighted by atomic mass is 9.83. The molecule has 2 bridgehead atoms. The van der Waals surface area contributed by atoms with Crippen molar-refractivity contribution >= 4 is 6.08 Å². The molecular weight excluding hydrogens is 266 g/mol. The first-order valence-corrected chi connectivity index (χ1v) is 7.69. The number of para-hydroxylation sites is 1. The van der Waals surface area contributed by atoms with E-state index in [4.69, 9.17) is 9.47 Å². The third-order valence-corrected chi connectivity index (χ3v) is 4.47. The predicted octanol–water partition coefficient (Wildman–Crippen LogP) is 2.52. The number of hydrogen-bond donors (Lipinski definition) is 1. The fraction of sp³-hybridized carbons (Fsp3) is 0.529. The zero-order valence-electron chi connectivity index (χ0n) is 12.7. The number of aliphatic hydroxyl groups is 1.